The van der Waals surface area contributed by atoms with Crippen LogP contribution in [0.25, 0.3) is 62.3 Å². The summed E-state index contributed by atoms with van der Waals surface area (Å²) < 4.78 is 11.7. The molecule has 0 fully saturated rings. The molecule has 0 aliphatic rings. The third kappa shape index (κ3) is 8.49. The van der Waals surface area contributed by atoms with Crippen LogP contribution in [-0.4, -0.2) is 11.6 Å². The van der Waals surface area contributed by atoms with Crippen LogP contribution in [0.2, 0.25) is 0 Å². The zero-order valence-electron chi connectivity index (χ0n) is 43.3. The van der Waals surface area contributed by atoms with Crippen molar-refractivity contribution in [3.63, 3.8) is 0 Å². The second-order valence-corrected chi connectivity index (χ2v) is 23.7. The Balaban J connectivity index is 1.07. The van der Waals surface area contributed by atoms with Crippen molar-refractivity contribution >= 4 is 108 Å². The Labute approximate surface area is 425 Å². The Kier molecular flexibility index (Phi) is 13.2. The van der Waals surface area contributed by atoms with Gasteiger partial charge in [0, 0.05) is 90.9 Å². The molecule has 0 saturated heterocycles. The molecule has 0 spiro atoms. The molecule has 3 heterocycles. The molecule has 0 radical (unpaired) electrons. The molecule has 0 amide bonds. The Morgan fingerprint density at radius 2 is 1.00 bits per heavy atom. The predicted octanol–water partition coefficient (Wildman–Crippen LogP) is 20.9. The summed E-state index contributed by atoms with van der Waals surface area (Å²) in [6.07, 6.45) is 10.1. The fourth-order valence-corrected chi connectivity index (χ4v) is 14.7. The minimum Gasteiger partial charge on any atom is -0.456 e. The molecule has 360 valence electrons. The maximum Gasteiger partial charge on any atom is 0.135 e. The van der Waals surface area contributed by atoms with Crippen molar-refractivity contribution in [1.29, 1.82) is 0 Å². The van der Waals surface area contributed by atoms with Crippen LogP contribution in [0.3, 0.4) is 0 Å². The van der Waals surface area contributed by atoms with Crippen LogP contribution in [0.15, 0.2) is 144 Å². The molecule has 0 aliphatic heterocycles. The average Bonchev–Trinajstić information content (AvgIpc) is 4.04. The van der Waals surface area contributed by atoms with E-state index in [1.54, 1.807) is 0 Å². The molecule has 3 atom stereocenters. The van der Waals surface area contributed by atoms with E-state index in [1.807, 2.05) is 22.7 Å². The molecule has 70 heavy (non-hydrogen) atoms. The number of thiophene rings is 2. The lowest BCUT2D eigenvalue weighted by molar-refractivity contribution is 0.325. The molecule has 0 aliphatic carbocycles. The van der Waals surface area contributed by atoms with Crippen molar-refractivity contribution in [2.45, 2.75) is 149 Å². The fraction of sp³-hybridized carbons (Fsp3) is 0.354. The topological polar surface area (TPSA) is 19.6 Å². The van der Waals surface area contributed by atoms with E-state index in [0.717, 1.165) is 66.9 Å². The summed E-state index contributed by atoms with van der Waals surface area (Å²) in [6, 6.07) is 54.0. The SMILES string of the molecule is CCCC(N(c1ccc(C)cc1)c1ccc2c(c1)sc1cc(C(C)(CC)CCC)ccc12)C(C)(CCC)c1ccc2c(c1)sc1cc(N(c3ccc4oc5ccccc5c4c3)C(C)(C)CCC)ccc12. The van der Waals surface area contributed by atoms with E-state index >= 15 is 0 Å². The van der Waals surface area contributed by atoms with Crippen molar-refractivity contribution in [3.8, 4) is 0 Å². The molecule has 3 unspecified atom stereocenters. The summed E-state index contributed by atoms with van der Waals surface area (Å²) in [4.78, 5) is 5.30. The summed E-state index contributed by atoms with van der Waals surface area (Å²) in [5, 5.41) is 7.73. The maximum atomic E-state index is 6.28. The highest BCUT2D eigenvalue weighted by molar-refractivity contribution is 7.26. The highest BCUT2D eigenvalue weighted by atomic mass is 32.1. The van der Waals surface area contributed by atoms with E-state index in [1.165, 1.54) is 92.6 Å². The van der Waals surface area contributed by atoms with Crippen LogP contribution >= 0.6 is 22.7 Å². The average molecular weight is 961 g/mol. The molecule has 10 aromatic rings. The van der Waals surface area contributed by atoms with E-state index in [-0.39, 0.29) is 22.4 Å². The van der Waals surface area contributed by atoms with E-state index in [4.69, 9.17) is 4.42 Å². The summed E-state index contributed by atoms with van der Waals surface area (Å²) in [7, 11) is 0. The molecule has 0 N–H and O–H groups in total. The van der Waals surface area contributed by atoms with Gasteiger partial charge in [-0.25, -0.2) is 0 Å². The first-order chi connectivity index (χ1) is 33.8. The zero-order valence-corrected chi connectivity index (χ0v) is 45.0. The second-order valence-electron chi connectivity index (χ2n) is 21.5. The lowest BCUT2D eigenvalue weighted by atomic mass is 9.70. The maximum absolute atomic E-state index is 6.28. The number of hydrogen-bond acceptors (Lipinski definition) is 5. The fourth-order valence-electron chi connectivity index (χ4n) is 12.3. The van der Waals surface area contributed by atoms with E-state index in [2.05, 4.69) is 219 Å². The molecule has 10 rings (SSSR count). The second kappa shape index (κ2) is 19.2. The monoisotopic (exact) mass is 961 g/mol. The Bertz CT molecular complexity index is 3480. The van der Waals surface area contributed by atoms with E-state index < -0.39 is 0 Å². The first-order valence-corrected chi connectivity index (χ1v) is 28.0. The van der Waals surface area contributed by atoms with Crippen molar-refractivity contribution in [3.05, 3.63) is 156 Å². The van der Waals surface area contributed by atoms with Gasteiger partial charge in [-0.15, -0.1) is 22.7 Å². The number of furan rings is 1. The molecule has 5 heteroatoms. The smallest absolute Gasteiger partial charge is 0.135 e. The van der Waals surface area contributed by atoms with Crippen molar-refractivity contribution < 1.29 is 4.42 Å². The number of anilines is 4. The van der Waals surface area contributed by atoms with Crippen LogP contribution in [0.5, 0.6) is 0 Å². The molecule has 0 bridgehead atoms. The number of aryl methyl sites for hydroxylation is 1. The molecular weight excluding hydrogens is 889 g/mol. The zero-order chi connectivity index (χ0) is 49.0. The summed E-state index contributed by atoms with van der Waals surface area (Å²) in [6.45, 7) is 23.7. The highest BCUT2D eigenvalue weighted by Gasteiger charge is 2.40. The van der Waals surface area contributed by atoms with Gasteiger partial charge in [0.15, 0.2) is 0 Å². The van der Waals surface area contributed by atoms with Gasteiger partial charge < -0.3 is 14.2 Å². The minimum absolute atomic E-state index is 0.116. The van der Waals surface area contributed by atoms with Crippen LogP contribution in [0, 0.1) is 6.92 Å². The number of fused-ring (bicyclic) bond motifs is 9. The summed E-state index contributed by atoms with van der Waals surface area (Å²) >= 11 is 3.92. The quantitative estimate of drug-likeness (QED) is 0.0854. The lowest BCUT2D eigenvalue weighted by Crippen LogP contribution is -2.47. The predicted molar refractivity (Wildman–Crippen MR) is 310 cm³/mol. The minimum atomic E-state index is -0.143. The molecule has 0 saturated carbocycles. The Hall–Kier alpha value is -5.62. The van der Waals surface area contributed by atoms with Crippen LogP contribution in [0.4, 0.5) is 22.7 Å². The highest BCUT2D eigenvalue weighted by Crippen LogP contribution is 2.48. The van der Waals surface area contributed by atoms with Gasteiger partial charge in [-0.2, -0.15) is 0 Å². The van der Waals surface area contributed by atoms with Crippen molar-refractivity contribution in [2.24, 2.45) is 0 Å². The van der Waals surface area contributed by atoms with Gasteiger partial charge in [-0.1, -0.05) is 146 Å². The largest absolute Gasteiger partial charge is 0.456 e. The first kappa shape index (κ1) is 48.0. The molecule has 7 aromatic carbocycles. The number of benzene rings is 7. The normalized spacial score (nSPS) is 14.5. The van der Waals surface area contributed by atoms with Gasteiger partial charge in [-0.05, 0) is 142 Å². The van der Waals surface area contributed by atoms with Gasteiger partial charge in [0.25, 0.3) is 0 Å². The van der Waals surface area contributed by atoms with Crippen LogP contribution in [0.1, 0.15) is 137 Å². The van der Waals surface area contributed by atoms with E-state index in [9.17, 15) is 0 Å². The number of nitrogens with zero attached hydrogens (tertiary/aromatic N) is 2. The van der Waals surface area contributed by atoms with Gasteiger partial charge in [0.2, 0.25) is 0 Å². The molecule has 3 nitrogen and oxygen atoms in total. The van der Waals surface area contributed by atoms with Crippen LogP contribution < -0.4 is 9.80 Å². The first-order valence-electron chi connectivity index (χ1n) is 26.3. The van der Waals surface area contributed by atoms with Gasteiger partial charge in [-0.3, -0.25) is 0 Å². The Morgan fingerprint density at radius 3 is 1.64 bits per heavy atom. The third-order valence-corrected chi connectivity index (χ3v) is 18.4. The van der Waals surface area contributed by atoms with Crippen molar-refractivity contribution in [1.82, 2.24) is 0 Å². The van der Waals surface area contributed by atoms with Crippen LogP contribution in [-0.2, 0) is 10.8 Å². The Morgan fingerprint density at radius 1 is 0.471 bits per heavy atom. The number of para-hydroxylation sites is 1. The van der Waals surface area contributed by atoms with Crippen molar-refractivity contribution in [2.75, 3.05) is 9.80 Å². The third-order valence-electron chi connectivity index (χ3n) is 16.2. The molecule has 3 aromatic heterocycles. The number of rotatable bonds is 18. The molecular formula is C65H72N2OS2. The lowest BCUT2D eigenvalue weighted by Gasteiger charge is -2.46. The van der Waals surface area contributed by atoms with Gasteiger partial charge in [0.1, 0.15) is 11.2 Å². The number of hydrogen-bond donors (Lipinski definition) is 0. The van der Waals surface area contributed by atoms with E-state index in [0.29, 0.717) is 0 Å². The van der Waals surface area contributed by atoms with Gasteiger partial charge >= 0.3 is 0 Å². The standard InChI is InChI=1S/C65H72N2OS2/c1-11-18-62(66(46-25-21-43(6)22-26-46)47-27-32-53-51-30-23-44(64(9,15-5)36-13-3)38-58(51)69-60(53)41-47)65(10,37-14-4)45-24-31-52-54-33-28-49(42-61(54)70-59(52)39-45)67(63(7,8)35-12-2)48-29-34-57-55(40-48)50-19-16-17-20-56(50)68-57/h16-17,19-34,38-42,62H,11-15,18,35-37H2,1-10H3. The summed E-state index contributed by atoms with van der Waals surface area (Å²) in [5.41, 5.74) is 11.0. The van der Waals surface area contributed by atoms with Gasteiger partial charge in [0.05, 0.1) is 0 Å². The summed E-state index contributed by atoms with van der Waals surface area (Å²) in [5.74, 6) is 0.